The zero-order chi connectivity index (χ0) is 9.85. The lowest BCUT2D eigenvalue weighted by molar-refractivity contribution is -0.148. The number of rotatable bonds is 0. The molecule has 0 aromatic carbocycles. The van der Waals surface area contributed by atoms with Crippen molar-refractivity contribution in [2.24, 2.45) is 10.8 Å². The first-order valence-corrected chi connectivity index (χ1v) is 4.61. The third-order valence-electron chi connectivity index (χ3n) is 3.88. The van der Waals surface area contributed by atoms with Crippen molar-refractivity contribution in [1.82, 2.24) is 0 Å². The first-order valence-electron chi connectivity index (χ1n) is 4.61. The molecule has 0 aromatic heterocycles. The Morgan fingerprint density at radius 1 is 1.31 bits per heavy atom. The van der Waals surface area contributed by atoms with E-state index in [4.69, 9.17) is 4.74 Å². The second-order valence-corrected chi connectivity index (χ2v) is 4.86. The molecular formula is C10H14O3. The lowest BCUT2D eigenvalue weighted by atomic mass is 9.66. The molecule has 0 amide bonds. The Hall–Kier alpha value is -0.860. The molecule has 1 heterocycles. The Bertz CT molecular complexity index is 293. The summed E-state index contributed by atoms with van der Waals surface area (Å²) in [4.78, 5) is 22.8. The highest BCUT2D eigenvalue weighted by atomic mass is 16.6. The van der Waals surface area contributed by atoms with Crippen LogP contribution in [0.1, 0.15) is 33.6 Å². The van der Waals surface area contributed by atoms with Crippen LogP contribution in [0.15, 0.2) is 0 Å². The van der Waals surface area contributed by atoms with Crippen LogP contribution in [0.2, 0.25) is 0 Å². The third-order valence-corrected chi connectivity index (χ3v) is 3.88. The molecule has 2 rings (SSSR count). The fourth-order valence-electron chi connectivity index (χ4n) is 2.33. The number of ether oxygens (including phenoxy) is 1. The molecule has 0 spiro atoms. The van der Waals surface area contributed by atoms with Crippen LogP contribution < -0.4 is 0 Å². The van der Waals surface area contributed by atoms with Gasteiger partial charge < -0.3 is 4.74 Å². The van der Waals surface area contributed by atoms with Gasteiger partial charge >= 0.3 is 5.97 Å². The minimum absolute atomic E-state index is 0.160. The number of carbonyl (C=O) groups is 2. The van der Waals surface area contributed by atoms with Crippen molar-refractivity contribution >= 4 is 11.8 Å². The highest BCUT2D eigenvalue weighted by Crippen LogP contribution is 2.56. The van der Waals surface area contributed by atoms with Gasteiger partial charge in [-0.2, -0.15) is 0 Å². The molecule has 1 saturated heterocycles. The van der Waals surface area contributed by atoms with Crippen molar-refractivity contribution in [2.75, 3.05) is 0 Å². The van der Waals surface area contributed by atoms with Crippen molar-refractivity contribution < 1.29 is 14.3 Å². The molecule has 2 aliphatic rings. The lowest BCUT2D eigenvalue weighted by Crippen LogP contribution is -2.36. The molecule has 2 atom stereocenters. The van der Waals surface area contributed by atoms with Crippen LogP contribution in [0.5, 0.6) is 0 Å². The van der Waals surface area contributed by atoms with Crippen molar-refractivity contribution in [3.8, 4) is 0 Å². The topological polar surface area (TPSA) is 43.4 Å². The average Bonchev–Trinajstić information content (AvgIpc) is 2.33. The van der Waals surface area contributed by atoms with Crippen molar-refractivity contribution in [3.63, 3.8) is 0 Å². The van der Waals surface area contributed by atoms with Crippen molar-refractivity contribution in [2.45, 2.75) is 39.7 Å². The van der Waals surface area contributed by atoms with Gasteiger partial charge in [0.2, 0.25) is 0 Å². The van der Waals surface area contributed by atoms with E-state index in [2.05, 4.69) is 0 Å². The number of hydrogen-bond donors (Lipinski definition) is 0. The average molecular weight is 182 g/mol. The summed E-state index contributed by atoms with van der Waals surface area (Å²) < 4.78 is 5.21. The number of fused-ring (bicyclic) bond motifs is 1. The molecule has 1 aliphatic carbocycles. The Morgan fingerprint density at radius 3 is 2.46 bits per heavy atom. The standard InChI is InChI=1S/C10H14O3/c1-9(2)8(12)13-7-4-6(11)5-10(7,9)3/h7H,4-5H2,1-3H3. The van der Waals surface area contributed by atoms with Gasteiger partial charge in [-0.3, -0.25) is 9.59 Å². The number of carbonyl (C=O) groups excluding carboxylic acids is 2. The molecule has 2 fully saturated rings. The largest absolute Gasteiger partial charge is 0.461 e. The Labute approximate surface area is 77.4 Å². The fraction of sp³-hybridized carbons (Fsp3) is 0.800. The quantitative estimate of drug-likeness (QED) is 0.530. The summed E-state index contributed by atoms with van der Waals surface area (Å²) in [6, 6.07) is 0. The number of ketones is 1. The van der Waals surface area contributed by atoms with Gasteiger partial charge in [0.1, 0.15) is 11.9 Å². The summed E-state index contributed by atoms with van der Waals surface area (Å²) in [7, 11) is 0. The van der Waals surface area contributed by atoms with Gasteiger partial charge in [-0.15, -0.1) is 0 Å². The van der Waals surface area contributed by atoms with Crippen LogP contribution in [0.25, 0.3) is 0 Å². The highest BCUT2D eigenvalue weighted by Gasteiger charge is 2.63. The molecule has 2 unspecified atom stereocenters. The smallest absolute Gasteiger partial charge is 0.312 e. The van der Waals surface area contributed by atoms with E-state index in [0.717, 1.165) is 0 Å². The maximum Gasteiger partial charge on any atom is 0.312 e. The lowest BCUT2D eigenvalue weighted by Gasteiger charge is -2.31. The van der Waals surface area contributed by atoms with Gasteiger partial charge in [0.25, 0.3) is 0 Å². The molecule has 0 bridgehead atoms. The van der Waals surface area contributed by atoms with Crippen LogP contribution in [-0.4, -0.2) is 17.9 Å². The van der Waals surface area contributed by atoms with E-state index in [9.17, 15) is 9.59 Å². The van der Waals surface area contributed by atoms with E-state index >= 15 is 0 Å². The predicted molar refractivity (Wildman–Crippen MR) is 46.0 cm³/mol. The van der Waals surface area contributed by atoms with E-state index < -0.39 is 5.41 Å². The first-order chi connectivity index (χ1) is 5.88. The summed E-state index contributed by atoms with van der Waals surface area (Å²) in [6.07, 6.45) is 0.713. The fourth-order valence-corrected chi connectivity index (χ4v) is 2.33. The summed E-state index contributed by atoms with van der Waals surface area (Å²) in [6.45, 7) is 5.72. The molecule has 0 N–H and O–H groups in total. The van der Waals surface area contributed by atoms with Crippen molar-refractivity contribution in [3.05, 3.63) is 0 Å². The highest BCUT2D eigenvalue weighted by molar-refractivity contribution is 5.89. The summed E-state index contributed by atoms with van der Waals surface area (Å²) in [5, 5.41) is 0. The normalized spacial score (nSPS) is 41.9. The van der Waals surface area contributed by atoms with E-state index in [1.807, 2.05) is 20.8 Å². The van der Waals surface area contributed by atoms with Gasteiger partial charge in [0, 0.05) is 18.3 Å². The van der Waals surface area contributed by atoms with Gasteiger partial charge in [0.15, 0.2) is 0 Å². The third kappa shape index (κ3) is 0.847. The molecule has 72 valence electrons. The zero-order valence-corrected chi connectivity index (χ0v) is 8.22. The van der Waals surface area contributed by atoms with E-state index in [-0.39, 0.29) is 23.3 Å². The van der Waals surface area contributed by atoms with Crippen molar-refractivity contribution in [1.29, 1.82) is 0 Å². The van der Waals surface area contributed by atoms with E-state index in [1.54, 1.807) is 0 Å². The zero-order valence-electron chi connectivity index (χ0n) is 8.22. The van der Waals surface area contributed by atoms with Crippen LogP contribution in [0, 0.1) is 10.8 Å². The maximum absolute atomic E-state index is 11.5. The minimum atomic E-state index is -0.510. The Morgan fingerprint density at radius 2 is 1.92 bits per heavy atom. The van der Waals surface area contributed by atoms with Crippen LogP contribution >= 0.6 is 0 Å². The van der Waals surface area contributed by atoms with E-state index in [1.165, 1.54) is 0 Å². The van der Waals surface area contributed by atoms with Crippen LogP contribution in [0.4, 0.5) is 0 Å². The second kappa shape index (κ2) is 2.14. The monoisotopic (exact) mass is 182 g/mol. The second-order valence-electron chi connectivity index (χ2n) is 4.86. The van der Waals surface area contributed by atoms with Gasteiger partial charge in [-0.05, 0) is 13.8 Å². The first kappa shape index (κ1) is 8.73. The number of Topliss-reactive ketones (excluding diaryl/α,β-unsaturated/α-hetero) is 1. The Kier molecular flexibility index (Phi) is 1.44. The molecule has 13 heavy (non-hydrogen) atoms. The van der Waals surface area contributed by atoms with Crippen LogP contribution in [-0.2, 0) is 14.3 Å². The SMILES string of the molecule is CC1(C)C(=O)OC2CC(=O)CC21C. The maximum atomic E-state index is 11.5. The molecule has 0 radical (unpaired) electrons. The molecule has 3 heteroatoms. The predicted octanol–water partition coefficient (Wildman–Crippen LogP) is 1.31. The Balaban J connectivity index is 2.43. The number of hydrogen-bond acceptors (Lipinski definition) is 3. The molecule has 0 aromatic rings. The molecule has 1 aliphatic heterocycles. The van der Waals surface area contributed by atoms with Crippen LogP contribution in [0.3, 0.4) is 0 Å². The molecular weight excluding hydrogens is 168 g/mol. The summed E-state index contributed by atoms with van der Waals surface area (Å²) >= 11 is 0. The minimum Gasteiger partial charge on any atom is -0.461 e. The molecule has 3 nitrogen and oxygen atoms in total. The van der Waals surface area contributed by atoms with Gasteiger partial charge in [-0.25, -0.2) is 0 Å². The summed E-state index contributed by atoms with van der Waals surface area (Å²) in [5.41, 5.74) is -0.787. The van der Waals surface area contributed by atoms with E-state index in [0.29, 0.717) is 12.8 Å². The molecule has 1 saturated carbocycles. The number of esters is 1. The van der Waals surface area contributed by atoms with Gasteiger partial charge in [0.05, 0.1) is 5.41 Å². The van der Waals surface area contributed by atoms with Gasteiger partial charge in [-0.1, -0.05) is 6.92 Å². The summed E-state index contributed by atoms with van der Waals surface area (Å²) in [5.74, 6) is 0.0561.